The maximum atomic E-state index is 13.7. The van der Waals surface area contributed by atoms with Gasteiger partial charge in [0.25, 0.3) is 0 Å². The Labute approximate surface area is 116 Å². The smallest absolute Gasteiger partial charge is 0.137 e. The van der Waals surface area contributed by atoms with Gasteiger partial charge in [0.05, 0.1) is 18.8 Å². The molecule has 1 aromatic heterocycles. The Morgan fingerprint density at radius 3 is 2.75 bits per heavy atom. The van der Waals surface area contributed by atoms with Crippen molar-refractivity contribution in [3.05, 3.63) is 59.4 Å². The van der Waals surface area contributed by atoms with Crippen LogP contribution in [0.25, 0.3) is 0 Å². The highest BCUT2D eigenvalue weighted by molar-refractivity contribution is 5.34. The second kappa shape index (κ2) is 6.43. The molecule has 1 unspecified atom stereocenters. The van der Waals surface area contributed by atoms with E-state index in [1.165, 1.54) is 12.1 Å². The van der Waals surface area contributed by atoms with Gasteiger partial charge in [0.15, 0.2) is 0 Å². The Hall–Kier alpha value is -2.01. The molecule has 0 aliphatic heterocycles. The van der Waals surface area contributed by atoms with E-state index >= 15 is 0 Å². The monoisotopic (exact) mass is 278 g/mol. The highest BCUT2D eigenvalue weighted by Crippen LogP contribution is 2.24. The number of nitrogens with zero attached hydrogens (tertiary/aromatic N) is 1. The molecule has 1 atom stereocenters. The molecule has 0 bridgehead atoms. The first kappa shape index (κ1) is 14.4. The van der Waals surface area contributed by atoms with Gasteiger partial charge < -0.3 is 10.5 Å². The maximum absolute atomic E-state index is 13.7. The molecule has 0 fully saturated rings. The zero-order chi connectivity index (χ0) is 14.5. The number of pyridine rings is 1. The SMILES string of the molecule is CCCOc1cncc(C(N)c2ccc(F)cc2F)c1. The van der Waals surface area contributed by atoms with Gasteiger partial charge in [-0.15, -0.1) is 0 Å². The summed E-state index contributed by atoms with van der Waals surface area (Å²) in [7, 11) is 0. The van der Waals surface area contributed by atoms with Crippen LogP contribution < -0.4 is 10.5 Å². The van der Waals surface area contributed by atoms with Gasteiger partial charge in [0.2, 0.25) is 0 Å². The lowest BCUT2D eigenvalue weighted by Gasteiger charge is -2.14. The van der Waals surface area contributed by atoms with E-state index in [9.17, 15) is 8.78 Å². The van der Waals surface area contributed by atoms with Crippen molar-refractivity contribution in [2.45, 2.75) is 19.4 Å². The van der Waals surface area contributed by atoms with Gasteiger partial charge in [-0.25, -0.2) is 8.78 Å². The fourth-order valence-electron chi connectivity index (χ4n) is 1.84. The summed E-state index contributed by atoms with van der Waals surface area (Å²) >= 11 is 0. The molecule has 2 N–H and O–H groups in total. The molecule has 0 aliphatic carbocycles. The summed E-state index contributed by atoms with van der Waals surface area (Å²) in [6, 6.07) is 4.35. The predicted octanol–water partition coefficient (Wildman–Crippen LogP) is 3.20. The molecule has 1 aromatic carbocycles. The average molecular weight is 278 g/mol. The minimum Gasteiger partial charge on any atom is -0.492 e. The van der Waals surface area contributed by atoms with Crippen LogP contribution in [0.15, 0.2) is 36.7 Å². The van der Waals surface area contributed by atoms with E-state index in [4.69, 9.17) is 10.5 Å². The number of hydrogen-bond donors (Lipinski definition) is 1. The van der Waals surface area contributed by atoms with Crippen molar-refractivity contribution in [1.29, 1.82) is 0 Å². The van der Waals surface area contributed by atoms with Crippen molar-refractivity contribution in [3.63, 3.8) is 0 Å². The van der Waals surface area contributed by atoms with Crippen molar-refractivity contribution >= 4 is 0 Å². The number of hydrogen-bond acceptors (Lipinski definition) is 3. The number of rotatable bonds is 5. The van der Waals surface area contributed by atoms with Crippen molar-refractivity contribution in [3.8, 4) is 5.75 Å². The molecular weight excluding hydrogens is 262 g/mol. The number of nitrogens with two attached hydrogens (primary N) is 1. The van der Waals surface area contributed by atoms with E-state index in [-0.39, 0.29) is 5.56 Å². The summed E-state index contributed by atoms with van der Waals surface area (Å²) in [6.07, 6.45) is 4.00. The number of halogens is 2. The molecule has 0 aliphatic rings. The van der Waals surface area contributed by atoms with Gasteiger partial charge >= 0.3 is 0 Å². The van der Waals surface area contributed by atoms with Gasteiger partial charge in [0.1, 0.15) is 17.4 Å². The van der Waals surface area contributed by atoms with Crippen LogP contribution in [0, 0.1) is 11.6 Å². The third-order valence-corrected chi connectivity index (χ3v) is 2.86. The van der Waals surface area contributed by atoms with E-state index in [1.807, 2.05) is 6.92 Å². The molecule has 3 nitrogen and oxygen atoms in total. The summed E-state index contributed by atoms with van der Waals surface area (Å²) in [6.45, 7) is 2.57. The molecule has 20 heavy (non-hydrogen) atoms. The zero-order valence-corrected chi connectivity index (χ0v) is 11.1. The Morgan fingerprint density at radius 2 is 2.05 bits per heavy atom. The van der Waals surface area contributed by atoms with Crippen LogP contribution >= 0.6 is 0 Å². The quantitative estimate of drug-likeness (QED) is 0.913. The van der Waals surface area contributed by atoms with Crippen molar-refractivity contribution in [1.82, 2.24) is 4.98 Å². The van der Waals surface area contributed by atoms with Crippen LogP contribution in [-0.2, 0) is 0 Å². The summed E-state index contributed by atoms with van der Waals surface area (Å²) in [5.41, 5.74) is 6.84. The minimum absolute atomic E-state index is 0.223. The molecule has 2 rings (SSSR count). The molecule has 0 radical (unpaired) electrons. The van der Waals surface area contributed by atoms with Crippen LogP contribution in [0.2, 0.25) is 0 Å². The van der Waals surface area contributed by atoms with Crippen LogP contribution in [-0.4, -0.2) is 11.6 Å². The first-order valence-electron chi connectivity index (χ1n) is 6.40. The standard InChI is InChI=1S/C15H16F2N2O/c1-2-5-20-12-6-10(8-19-9-12)15(18)13-4-3-11(16)7-14(13)17/h3-4,6-9,15H,2,5,18H2,1H3. The fourth-order valence-corrected chi connectivity index (χ4v) is 1.84. The van der Waals surface area contributed by atoms with E-state index in [1.54, 1.807) is 18.5 Å². The molecule has 2 aromatic rings. The number of benzene rings is 1. The third-order valence-electron chi connectivity index (χ3n) is 2.86. The molecule has 0 spiro atoms. The molecule has 0 saturated carbocycles. The molecular formula is C15H16F2N2O. The largest absolute Gasteiger partial charge is 0.492 e. The lowest BCUT2D eigenvalue weighted by atomic mass is 10.0. The second-order valence-corrected chi connectivity index (χ2v) is 4.45. The van der Waals surface area contributed by atoms with E-state index in [2.05, 4.69) is 4.98 Å². The topological polar surface area (TPSA) is 48.1 Å². The Morgan fingerprint density at radius 1 is 1.25 bits per heavy atom. The van der Waals surface area contributed by atoms with E-state index in [0.29, 0.717) is 17.9 Å². The third kappa shape index (κ3) is 3.30. The summed E-state index contributed by atoms with van der Waals surface area (Å²) in [5, 5.41) is 0. The van der Waals surface area contributed by atoms with Gasteiger partial charge in [-0.05, 0) is 24.1 Å². The zero-order valence-electron chi connectivity index (χ0n) is 11.1. The van der Waals surface area contributed by atoms with Gasteiger partial charge in [-0.3, -0.25) is 4.98 Å². The first-order valence-corrected chi connectivity index (χ1v) is 6.40. The summed E-state index contributed by atoms with van der Waals surface area (Å²) in [5.74, 6) is -0.712. The fraction of sp³-hybridized carbons (Fsp3) is 0.267. The highest BCUT2D eigenvalue weighted by Gasteiger charge is 2.15. The lowest BCUT2D eigenvalue weighted by Crippen LogP contribution is -2.14. The second-order valence-electron chi connectivity index (χ2n) is 4.45. The van der Waals surface area contributed by atoms with Crippen LogP contribution in [0.5, 0.6) is 5.75 Å². The van der Waals surface area contributed by atoms with E-state index < -0.39 is 17.7 Å². The summed E-state index contributed by atoms with van der Waals surface area (Å²) in [4.78, 5) is 4.03. The normalized spacial score (nSPS) is 12.2. The van der Waals surface area contributed by atoms with Gasteiger partial charge in [-0.1, -0.05) is 13.0 Å². The Kier molecular flexibility index (Phi) is 4.63. The van der Waals surface area contributed by atoms with E-state index in [0.717, 1.165) is 12.5 Å². The molecule has 5 heteroatoms. The Bertz CT molecular complexity index is 590. The summed E-state index contributed by atoms with van der Waals surface area (Å²) < 4.78 is 32.1. The van der Waals surface area contributed by atoms with Gasteiger partial charge in [-0.2, -0.15) is 0 Å². The number of ether oxygens (including phenoxy) is 1. The Balaban J connectivity index is 2.26. The minimum atomic E-state index is -0.715. The van der Waals surface area contributed by atoms with Crippen LogP contribution in [0.1, 0.15) is 30.5 Å². The lowest BCUT2D eigenvalue weighted by molar-refractivity contribution is 0.315. The highest BCUT2D eigenvalue weighted by atomic mass is 19.1. The maximum Gasteiger partial charge on any atom is 0.137 e. The average Bonchev–Trinajstić information content (AvgIpc) is 2.45. The molecule has 1 heterocycles. The molecule has 0 amide bonds. The van der Waals surface area contributed by atoms with Crippen LogP contribution in [0.3, 0.4) is 0 Å². The first-order chi connectivity index (χ1) is 9.61. The van der Waals surface area contributed by atoms with Crippen molar-refractivity contribution in [2.75, 3.05) is 6.61 Å². The predicted molar refractivity (Wildman–Crippen MR) is 72.4 cm³/mol. The van der Waals surface area contributed by atoms with Crippen molar-refractivity contribution in [2.24, 2.45) is 5.73 Å². The molecule has 0 saturated heterocycles. The van der Waals surface area contributed by atoms with Gasteiger partial charge in [0, 0.05) is 17.8 Å². The molecule has 106 valence electrons. The van der Waals surface area contributed by atoms with Crippen molar-refractivity contribution < 1.29 is 13.5 Å². The number of aromatic nitrogens is 1. The van der Waals surface area contributed by atoms with Crippen LogP contribution in [0.4, 0.5) is 8.78 Å².